The molecule has 0 unspecified atom stereocenters. The summed E-state index contributed by atoms with van der Waals surface area (Å²) in [5, 5.41) is 0. The number of carbonyl (C=O) groups is 1. The highest BCUT2D eigenvalue weighted by Gasteiger charge is 2.22. The van der Waals surface area contributed by atoms with Crippen LogP contribution in [0.4, 0.5) is 5.69 Å². The Morgan fingerprint density at radius 1 is 1.29 bits per heavy atom. The van der Waals surface area contributed by atoms with E-state index in [1.165, 1.54) is 0 Å². The molecule has 35 heavy (non-hydrogen) atoms. The molecule has 0 atom stereocenters. The molecule has 1 aromatic carbocycles. The van der Waals surface area contributed by atoms with Crippen molar-refractivity contribution in [3.8, 4) is 5.88 Å². The molecule has 0 fully saturated rings. The molecule has 1 aliphatic carbocycles. The molecular weight excluding hydrogens is 436 g/mol. The Bertz CT molecular complexity index is 1250. The van der Waals surface area contributed by atoms with Crippen LogP contribution >= 0.6 is 0 Å². The third kappa shape index (κ3) is 5.96. The maximum Gasteiger partial charge on any atom is 0.247 e. The number of allylic oxidation sites excluding steroid dienone is 4. The number of primary amides is 1. The van der Waals surface area contributed by atoms with E-state index in [9.17, 15) is 4.79 Å². The zero-order valence-corrected chi connectivity index (χ0v) is 21.0. The number of nitrogens with zero attached hydrogens (tertiary/aromatic N) is 2. The average molecular weight is 471 g/mol. The van der Waals surface area contributed by atoms with Gasteiger partial charge in [-0.2, -0.15) is 0 Å². The summed E-state index contributed by atoms with van der Waals surface area (Å²) in [7, 11) is 0. The minimum absolute atomic E-state index is 0.298. The molecular formula is C29H34N4O2. The van der Waals surface area contributed by atoms with Crippen LogP contribution in [0, 0.1) is 12.8 Å². The summed E-state index contributed by atoms with van der Waals surface area (Å²) in [5.41, 5.74) is 18.7. The van der Waals surface area contributed by atoms with Crippen molar-refractivity contribution < 1.29 is 9.53 Å². The third-order valence-corrected chi connectivity index (χ3v) is 5.88. The molecule has 0 bridgehead atoms. The number of hydrogen-bond acceptors (Lipinski definition) is 5. The monoisotopic (exact) mass is 470 g/mol. The number of amides is 1. The average Bonchev–Trinajstić information content (AvgIpc) is 2.99. The van der Waals surface area contributed by atoms with Crippen molar-refractivity contribution in [2.24, 2.45) is 22.4 Å². The Kier molecular flexibility index (Phi) is 8.42. The van der Waals surface area contributed by atoms with Gasteiger partial charge in [0, 0.05) is 34.7 Å². The number of aryl methyl sites for hydroxylation is 1. The molecule has 3 rings (SSSR count). The van der Waals surface area contributed by atoms with Crippen LogP contribution in [0.3, 0.4) is 0 Å². The van der Waals surface area contributed by atoms with Gasteiger partial charge in [0.15, 0.2) is 0 Å². The number of carbonyl (C=O) groups excluding carboxylic acids is 1. The fourth-order valence-corrected chi connectivity index (χ4v) is 3.98. The lowest BCUT2D eigenvalue weighted by Gasteiger charge is -2.18. The van der Waals surface area contributed by atoms with Gasteiger partial charge in [-0.05, 0) is 67.5 Å². The van der Waals surface area contributed by atoms with Gasteiger partial charge in [-0.3, -0.25) is 9.79 Å². The molecule has 6 nitrogen and oxygen atoms in total. The SMILES string of the molecule is C=Cc1c(N=CC)ccc(C)c1C1=CC(c2cccc(OCCC(C)C)n2)=CCC(C(N)=O)=C1N. The zero-order valence-electron chi connectivity index (χ0n) is 21.0. The van der Waals surface area contributed by atoms with Crippen molar-refractivity contribution in [1.29, 1.82) is 0 Å². The molecule has 0 spiro atoms. The first-order chi connectivity index (χ1) is 16.8. The van der Waals surface area contributed by atoms with Crippen LogP contribution in [0.25, 0.3) is 17.2 Å². The second kappa shape index (κ2) is 11.5. The lowest BCUT2D eigenvalue weighted by Crippen LogP contribution is -2.19. The summed E-state index contributed by atoms with van der Waals surface area (Å²) < 4.78 is 5.87. The van der Waals surface area contributed by atoms with Gasteiger partial charge in [-0.15, -0.1) is 0 Å². The van der Waals surface area contributed by atoms with Gasteiger partial charge in [-0.1, -0.05) is 44.7 Å². The minimum Gasteiger partial charge on any atom is -0.478 e. The second-order valence-corrected chi connectivity index (χ2v) is 8.85. The number of aromatic nitrogens is 1. The highest BCUT2D eigenvalue weighted by atomic mass is 16.5. The molecule has 2 aromatic rings. The van der Waals surface area contributed by atoms with Crippen molar-refractivity contribution in [2.75, 3.05) is 6.61 Å². The van der Waals surface area contributed by atoms with E-state index < -0.39 is 5.91 Å². The van der Waals surface area contributed by atoms with E-state index in [-0.39, 0.29) is 0 Å². The van der Waals surface area contributed by atoms with E-state index in [0.29, 0.717) is 41.7 Å². The van der Waals surface area contributed by atoms with Gasteiger partial charge >= 0.3 is 0 Å². The van der Waals surface area contributed by atoms with Gasteiger partial charge in [0.05, 0.1) is 18.0 Å². The molecule has 0 radical (unpaired) electrons. The number of hydrogen-bond donors (Lipinski definition) is 2. The van der Waals surface area contributed by atoms with Crippen LogP contribution in [0.2, 0.25) is 0 Å². The van der Waals surface area contributed by atoms with Crippen molar-refractivity contribution in [2.45, 2.75) is 40.5 Å². The molecule has 1 aliphatic rings. The lowest BCUT2D eigenvalue weighted by molar-refractivity contribution is -0.114. The van der Waals surface area contributed by atoms with Crippen molar-refractivity contribution in [1.82, 2.24) is 4.98 Å². The van der Waals surface area contributed by atoms with Crippen molar-refractivity contribution in [3.05, 3.63) is 82.7 Å². The summed E-state index contributed by atoms with van der Waals surface area (Å²) in [6.07, 6.45) is 8.63. The second-order valence-electron chi connectivity index (χ2n) is 8.85. The molecule has 0 saturated heterocycles. The topological polar surface area (TPSA) is 104 Å². The molecule has 4 N–H and O–H groups in total. The molecule has 1 aromatic heterocycles. The number of ether oxygens (including phenoxy) is 1. The molecule has 1 heterocycles. The van der Waals surface area contributed by atoms with Crippen molar-refractivity contribution >= 4 is 35.0 Å². The Morgan fingerprint density at radius 3 is 2.71 bits per heavy atom. The number of pyridine rings is 1. The predicted octanol–water partition coefficient (Wildman–Crippen LogP) is 5.75. The Hall–Kier alpha value is -3.93. The maximum absolute atomic E-state index is 12.3. The first-order valence-electron chi connectivity index (χ1n) is 11.8. The Balaban J connectivity index is 2.17. The van der Waals surface area contributed by atoms with Crippen LogP contribution < -0.4 is 16.2 Å². The highest BCUT2D eigenvalue weighted by Crippen LogP contribution is 2.38. The summed E-state index contributed by atoms with van der Waals surface area (Å²) in [6.45, 7) is 12.8. The number of nitrogens with two attached hydrogens (primary N) is 2. The summed E-state index contributed by atoms with van der Waals surface area (Å²) in [6, 6.07) is 9.60. The third-order valence-electron chi connectivity index (χ3n) is 5.88. The summed E-state index contributed by atoms with van der Waals surface area (Å²) >= 11 is 0. The normalized spacial score (nSPS) is 14.1. The predicted molar refractivity (Wildman–Crippen MR) is 145 cm³/mol. The zero-order chi connectivity index (χ0) is 25.5. The Morgan fingerprint density at radius 2 is 2.06 bits per heavy atom. The van der Waals surface area contributed by atoms with Crippen LogP contribution in [0.1, 0.15) is 56.0 Å². The van der Waals surface area contributed by atoms with E-state index in [0.717, 1.165) is 40.1 Å². The maximum atomic E-state index is 12.3. The van der Waals surface area contributed by atoms with Crippen LogP contribution in [0.15, 0.2) is 65.3 Å². The first-order valence-corrected chi connectivity index (χ1v) is 11.8. The largest absolute Gasteiger partial charge is 0.478 e. The van der Waals surface area contributed by atoms with E-state index in [2.05, 4.69) is 25.4 Å². The van der Waals surface area contributed by atoms with Crippen molar-refractivity contribution in [3.63, 3.8) is 0 Å². The van der Waals surface area contributed by atoms with Gasteiger partial charge in [0.1, 0.15) is 0 Å². The molecule has 6 heteroatoms. The molecule has 1 amide bonds. The molecule has 0 aliphatic heterocycles. The molecule has 0 saturated carbocycles. The van der Waals surface area contributed by atoms with E-state index >= 15 is 0 Å². The standard InChI is InChI=1S/C29H34N4O2/c1-6-21-25(32-7-2)14-11-19(5)27(21)23-17-20(12-13-22(28(23)30)29(31)34)24-9-8-10-26(33-24)35-16-15-18(3)4/h6-12,14,17-18H,1,13,15-16,30H2,2-5H3,(H2,31,34). The first kappa shape index (κ1) is 25.7. The lowest BCUT2D eigenvalue weighted by atomic mass is 9.89. The fourth-order valence-electron chi connectivity index (χ4n) is 3.98. The summed E-state index contributed by atoms with van der Waals surface area (Å²) in [4.78, 5) is 21.5. The molecule has 182 valence electrons. The quantitative estimate of drug-likeness (QED) is 0.455. The van der Waals surface area contributed by atoms with Gasteiger partial charge < -0.3 is 16.2 Å². The van der Waals surface area contributed by atoms with E-state index in [1.807, 2.05) is 56.3 Å². The van der Waals surface area contributed by atoms with Crippen LogP contribution in [-0.4, -0.2) is 23.7 Å². The van der Waals surface area contributed by atoms with Crippen LogP contribution in [0.5, 0.6) is 5.88 Å². The fraction of sp³-hybridized carbons (Fsp3) is 0.276. The van der Waals surface area contributed by atoms with E-state index in [1.54, 1.807) is 12.3 Å². The number of rotatable bonds is 9. The van der Waals surface area contributed by atoms with Gasteiger partial charge in [0.25, 0.3) is 0 Å². The van der Waals surface area contributed by atoms with Crippen LogP contribution in [-0.2, 0) is 4.79 Å². The summed E-state index contributed by atoms with van der Waals surface area (Å²) in [5.74, 6) is 0.552. The smallest absolute Gasteiger partial charge is 0.247 e. The minimum atomic E-state index is -0.551. The highest BCUT2D eigenvalue weighted by molar-refractivity contribution is 6.02. The van der Waals surface area contributed by atoms with E-state index in [4.69, 9.17) is 21.2 Å². The number of benzene rings is 1. The van der Waals surface area contributed by atoms with Gasteiger partial charge in [0.2, 0.25) is 11.8 Å². The Labute approximate surface area is 207 Å². The van der Waals surface area contributed by atoms with Gasteiger partial charge in [-0.25, -0.2) is 4.98 Å². The number of aliphatic imine (C=N–C) groups is 1.